The maximum absolute atomic E-state index is 12.4. The van der Waals surface area contributed by atoms with Crippen LogP contribution in [-0.4, -0.2) is 31.1 Å². The van der Waals surface area contributed by atoms with Gasteiger partial charge < -0.3 is 14.8 Å². The van der Waals surface area contributed by atoms with Gasteiger partial charge in [0.1, 0.15) is 11.8 Å². The van der Waals surface area contributed by atoms with Crippen LogP contribution in [0.5, 0.6) is 5.75 Å². The maximum atomic E-state index is 12.4. The van der Waals surface area contributed by atoms with Crippen molar-refractivity contribution >= 4 is 35.1 Å². The molecule has 0 aromatic heterocycles. The maximum Gasteiger partial charge on any atom is 0.328 e. The molecule has 2 aromatic rings. The van der Waals surface area contributed by atoms with Crippen molar-refractivity contribution in [1.82, 2.24) is 5.32 Å². The van der Waals surface area contributed by atoms with Gasteiger partial charge in [0.05, 0.1) is 12.1 Å². The first kappa shape index (κ1) is 20.1. The van der Waals surface area contributed by atoms with Gasteiger partial charge in [0.2, 0.25) is 0 Å². The van der Waals surface area contributed by atoms with E-state index in [4.69, 9.17) is 32.7 Å². The summed E-state index contributed by atoms with van der Waals surface area (Å²) in [6, 6.07) is 13.2. The summed E-state index contributed by atoms with van der Waals surface area (Å²) in [5.41, 5.74) is 0.900. The molecule has 1 N–H and O–H groups in total. The van der Waals surface area contributed by atoms with E-state index in [9.17, 15) is 9.59 Å². The van der Waals surface area contributed by atoms with Crippen LogP contribution in [0.15, 0.2) is 48.5 Å². The van der Waals surface area contributed by atoms with Crippen LogP contribution in [0, 0.1) is 0 Å². The smallest absolute Gasteiger partial charge is 0.328 e. The fourth-order valence-electron chi connectivity index (χ4n) is 2.29. The van der Waals surface area contributed by atoms with Crippen LogP contribution in [0.25, 0.3) is 0 Å². The Morgan fingerprint density at radius 2 is 1.81 bits per heavy atom. The molecule has 0 aliphatic rings. The lowest BCUT2D eigenvalue weighted by atomic mass is 10.1. The SMILES string of the molecule is COC(=O)C(Cc1ccccc1)NC(=O)C(C)Oc1ccc(Cl)cc1Cl. The third kappa shape index (κ3) is 5.64. The Kier molecular flexibility index (Phi) is 7.30. The van der Waals surface area contributed by atoms with Gasteiger partial charge in [0, 0.05) is 11.4 Å². The summed E-state index contributed by atoms with van der Waals surface area (Å²) < 4.78 is 10.4. The summed E-state index contributed by atoms with van der Waals surface area (Å²) in [5.74, 6) is -0.655. The standard InChI is InChI=1S/C19H19Cl2NO4/c1-12(26-17-9-8-14(20)11-15(17)21)18(23)22-16(19(24)25-2)10-13-6-4-3-5-7-13/h3-9,11-12,16H,10H2,1-2H3,(H,22,23). The van der Waals surface area contributed by atoms with Crippen LogP contribution in [0.2, 0.25) is 10.0 Å². The molecule has 0 heterocycles. The Morgan fingerprint density at radius 3 is 2.42 bits per heavy atom. The number of halogens is 2. The van der Waals surface area contributed by atoms with E-state index in [2.05, 4.69) is 5.32 Å². The zero-order valence-electron chi connectivity index (χ0n) is 14.4. The molecule has 0 spiro atoms. The summed E-state index contributed by atoms with van der Waals surface area (Å²) in [7, 11) is 1.28. The monoisotopic (exact) mass is 395 g/mol. The lowest BCUT2D eigenvalue weighted by Crippen LogP contribution is -2.47. The number of esters is 1. The van der Waals surface area contributed by atoms with Crippen LogP contribution in [0.4, 0.5) is 0 Å². The summed E-state index contributed by atoms with van der Waals surface area (Å²) >= 11 is 11.9. The molecule has 7 heteroatoms. The normalized spacial score (nSPS) is 12.8. The minimum absolute atomic E-state index is 0.297. The van der Waals surface area contributed by atoms with Gasteiger partial charge >= 0.3 is 5.97 Å². The molecule has 0 aliphatic carbocycles. The molecule has 0 saturated carbocycles. The van der Waals surface area contributed by atoms with E-state index >= 15 is 0 Å². The van der Waals surface area contributed by atoms with Gasteiger partial charge in [-0.2, -0.15) is 0 Å². The van der Waals surface area contributed by atoms with Gasteiger partial charge in [0.15, 0.2) is 6.10 Å². The number of ether oxygens (including phenoxy) is 2. The van der Waals surface area contributed by atoms with Gasteiger partial charge in [-0.1, -0.05) is 53.5 Å². The van der Waals surface area contributed by atoms with Crippen LogP contribution < -0.4 is 10.1 Å². The second-order valence-corrected chi connectivity index (χ2v) is 6.45. The largest absolute Gasteiger partial charge is 0.479 e. The molecule has 26 heavy (non-hydrogen) atoms. The van der Waals surface area contributed by atoms with Crippen molar-refractivity contribution in [2.24, 2.45) is 0 Å². The average Bonchev–Trinajstić information content (AvgIpc) is 2.63. The van der Waals surface area contributed by atoms with Crippen LogP contribution in [0.3, 0.4) is 0 Å². The van der Waals surface area contributed by atoms with E-state index in [-0.39, 0.29) is 0 Å². The zero-order chi connectivity index (χ0) is 19.1. The van der Waals surface area contributed by atoms with E-state index < -0.39 is 24.0 Å². The minimum atomic E-state index is -0.864. The summed E-state index contributed by atoms with van der Waals surface area (Å²) in [6.45, 7) is 1.57. The average molecular weight is 396 g/mol. The molecule has 0 fully saturated rings. The number of rotatable bonds is 7. The first-order valence-electron chi connectivity index (χ1n) is 7.94. The van der Waals surface area contributed by atoms with Crippen molar-refractivity contribution in [3.05, 3.63) is 64.1 Å². The van der Waals surface area contributed by atoms with Crippen molar-refractivity contribution in [2.45, 2.75) is 25.5 Å². The number of methoxy groups -OCH3 is 1. The Morgan fingerprint density at radius 1 is 1.12 bits per heavy atom. The third-order valence-electron chi connectivity index (χ3n) is 3.65. The summed E-state index contributed by atoms with van der Waals surface area (Å²) in [4.78, 5) is 24.4. The van der Waals surface area contributed by atoms with Crippen molar-refractivity contribution in [3.63, 3.8) is 0 Å². The van der Waals surface area contributed by atoms with Crippen molar-refractivity contribution in [2.75, 3.05) is 7.11 Å². The van der Waals surface area contributed by atoms with Gasteiger partial charge in [-0.25, -0.2) is 4.79 Å². The first-order chi connectivity index (χ1) is 12.4. The lowest BCUT2D eigenvalue weighted by molar-refractivity contribution is -0.145. The van der Waals surface area contributed by atoms with Crippen molar-refractivity contribution in [3.8, 4) is 5.75 Å². The molecule has 0 bridgehead atoms. The molecule has 0 saturated heterocycles. The van der Waals surface area contributed by atoms with Crippen molar-refractivity contribution in [1.29, 1.82) is 0 Å². The number of hydrogen-bond donors (Lipinski definition) is 1. The summed E-state index contributed by atoms with van der Waals surface area (Å²) in [6.07, 6.45) is -0.551. The van der Waals surface area contributed by atoms with E-state index in [1.807, 2.05) is 30.3 Å². The molecule has 2 atom stereocenters. The minimum Gasteiger partial charge on any atom is -0.479 e. The molecule has 5 nitrogen and oxygen atoms in total. The van der Waals surface area contributed by atoms with Gasteiger partial charge in [-0.05, 0) is 30.7 Å². The Balaban J connectivity index is 2.04. The number of hydrogen-bond acceptors (Lipinski definition) is 4. The Hall–Kier alpha value is -2.24. The van der Waals surface area contributed by atoms with E-state index in [1.54, 1.807) is 19.1 Å². The topological polar surface area (TPSA) is 64.6 Å². The fraction of sp³-hybridized carbons (Fsp3) is 0.263. The Bertz CT molecular complexity index is 767. The highest BCUT2D eigenvalue weighted by Gasteiger charge is 2.25. The number of nitrogens with one attached hydrogen (secondary N) is 1. The van der Waals surface area contributed by atoms with Crippen LogP contribution in [-0.2, 0) is 20.7 Å². The lowest BCUT2D eigenvalue weighted by Gasteiger charge is -2.20. The summed E-state index contributed by atoms with van der Waals surface area (Å²) in [5, 5.41) is 3.42. The molecular weight excluding hydrogens is 377 g/mol. The highest BCUT2D eigenvalue weighted by Crippen LogP contribution is 2.28. The Labute approximate surface area is 162 Å². The molecule has 2 unspecified atom stereocenters. The van der Waals surface area contributed by atoms with Crippen molar-refractivity contribution < 1.29 is 19.1 Å². The van der Waals surface area contributed by atoms with E-state index in [0.29, 0.717) is 22.2 Å². The predicted octanol–water partition coefficient (Wildman–Crippen LogP) is 3.66. The molecule has 138 valence electrons. The van der Waals surface area contributed by atoms with Crippen LogP contribution in [0.1, 0.15) is 12.5 Å². The molecule has 2 rings (SSSR count). The number of carbonyl (C=O) groups is 2. The van der Waals surface area contributed by atoms with Gasteiger partial charge in [0.25, 0.3) is 5.91 Å². The molecule has 0 radical (unpaired) electrons. The predicted molar refractivity (Wildman–Crippen MR) is 101 cm³/mol. The highest BCUT2D eigenvalue weighted by atomic mass is 35.5. The molecule has 0 aliphatic heterocycles. The first-order valence-corrected chi connectivity index (χ1v) is 8.70. The number of benzene rings is 2. The highest BCUT2D eigenvalue weighted by molar-refractivity contribution is 6.35. The quantitative estimate of drug-likeness (QED) is 0.726. The third-order valence-corrected chi connectivity index (χ3v) is 4.18. The fourth-order valence-corrected chi connectivity index (χ4v) is 2.74. The number of amides is 1. The van der Waals surface area contributed by atoms with Gasteiger partial charge in [-0.15, -0.1) is 0 Å². The van der Waals surface area contributed by atoms with E-state index in [0.717, 1.165) is 5.56 Å². The molecule has 1 amide bonds. The van der Waals surface area contributed by atoms with Crippen LogP contribution >= 0.6 is 23.2 Å². The van der Waals surface area contributed by atoms with E-state index in [1.165, 1.54) is 13.2 Å². The second kappa shape index (κ2) is 9.46. The zero-order valence-corrected chi connectivity index (χ0v) is 15.9. The number of carbonyl (C=O) groups excluding carboxylic acids is 2. The molecule has 2 aromatic carbocycles. The van der Waals surface area contributed by atoms with Gasteiger partial charge in [-0.3, -0.25) is 4.79 Å². The molecular formula is C19H19Cl2NO4. The second-order valence-electron chi connectivity index (χ2n) is 5.61.